The van der Waals surface area contributed by atoms with Gasteiger partial charge in [-0.3, -0.25) is 0 Å². The van der Waals surface area contributed by atoms with Crippen molar-refractivity contribution in [1.29, 1.82) is 0 Å². The van der Waals surface area contributed by atoms with E-state index >= 15 is 0 Å². The Kier molecular flexibility index (Phi) is 5.28. The van der Waals surface area contributed by atoms with E-state index in [0.717, 1.165) is 18.8 Å². The fourth-order valence-electron chi connectivity index (χ4n) is 3.55. The van der Waals surface area contributed by atoms with E-state index < -0.39 is 0 Å². The Morgan fingerprint density at radius 1 is 1.24 bits per heavy atom. The Balaban J connectivity index is 0.00000161. The van der Waals surface area contributed by atoms with Crippen molar-refractivity contribution in [1.82, 2.24) is 10.2 Å². The lowest BCUT2D eigenvalue weighted by Gasteiger charge is -2.34. The number of likely N-dealkylation sites (tertiary alicyclic amines) is 1. The molecule has 2 aliphatic heterocycles. The number of nitrogens with one attached hydrogen (secondary N) is 1. The largest absolute Gasteiger partial charge is 0.491 e. The van der Waals surface area contributed by atoms with E-state index in [1.54, 1.807) is 5.56 Å². The van der Waals surface area contributed by atoms with Crippen LogP contribution >= 0.6 is 0 Å². The first-order valence-corrected chi connectivity index (χ1v) is 7.80. The highest BCUT2D eigenvalue weighted by Gasteiger charge is 2.27. The van der Waals surface area contributed by atoms with E-state index in [0.29, 0.717) is 12.0 Å². The maximum atomic E-state index is 6.04. The molecule has 1 N–H and O–H groups in total. The van der Waals surface area contributed by atoms with Crippen LogP contribution in [0.3, 0.4) is 0 Å². The molecule has 1 unspecified atom stereocenters. The van der Waals surface area contributed by atoms with Gasteiger partial charge in [-0.15, -0.1) is 0 Å². The maximum absolute atomic E-state index is 6.04. The zero-order valence-corrected chi connectivity index (χ0v) is 12.9. The fourth-order valence-corrected chi connectivity index (χ4v) is 3.55. The zero-order chi connectivity index (χ0) is 14.1. The topological polar surface area (TPSA) is 24.5 Å². The third-order valence-corrected chi connectivity index (χ3v) is 4.94. The highest BCUT2D eigenvalue weighted by molar-refractivity contribution is 5.49. The number of piperidine rings is 1. The maximum Gasteiger partial charge on any atom is 0.125 e. The number of ether oxygens (including phenoxy) is 1. The number of rotatable bonds is 2. The number of aryl methyl sites for hydroxylation is 1. The smallest absolute Gasteiger partial charge is 0.125 e. The van der Waals surface area contributed by atoms with Crippen molar-refractivity contribution in [3.63, 3.8) is 0 Å². The molecule has 2 aliphatic rings. The Labute approximate surface area is 129 Å². The van der Waals surface area contributed by atoms with Crippen molar-refractivity contribution in [3.05, 3.63) is 28.8 Å². The van der Waals surface area contributed by atoms with Gasteiger partial charge in [0, 0.05) is 6.04 Å². The molecule has 0 aromatic heterocycles. The summed E-state index contributed by atoms with van der Waals surface area (Å²) in [7, 11) is 4.25. The van der Waals surface area contributed by atoms with Crippen molar-refractivity contribution < 1.29 is 4.74 Å². The minimum Gasteiger partial charge on any atom is -0.491 e. The van der Waals surface area contributed by atoms with Gasteiger partial charge in [-0.25, -0.2) is 0 Å². The molecule has 1 atom stereocenters. The van der Waals surface area contributed by atoms with E-state index in [2.05, 4.69) is 36.3 Å². The second kappa shape index (κ2) is 6.80. The summed E-state index contributed by atoms with van der Waals surface area (Å²) in [4.78, 5) is 2.43. The van der Waals surface area contributed by atoms with Gasteiger partial charge in [0.15, 0.2) is 0 Å². The molecule has 0 bridgehead atoms. The predicted octanol–water partition coefficient (Wildman–Crippen LogP) is 2.96. The molecule has 21 heavy (non-hydrogen) atoms. The molecule has 1 aromatic rings. The van der Waals surface area contributed by atoms with Crippen LogP contribution in [0.4, 0.5) is 0 Å². The summed E-state index contributed by atoms with van der Waals surface area (Å²) in [6, 6.07) is 5.05. The first-order valence-electron chi connectivity index (χ1n) is 7.80. The van der Waals surface area contributed by atoms with Crippen LogP contribution in [-0.2, 0) is 6.42 Å². The van der Waals surface area contributed by atoms with Gasteiger partial charge >= 0.3 is 0 Å². The summed E-state index contributed by atoms with van der Waals surface area (Å²) in [5, 5.41) is 3.37. The van der Waals surface area contributed by atoms with Crippen molar-refractivity contribution >= 4 is 0 Å². The Hall–Kier alpha value is -1.06. The molecule has 1 fully saturated rings. The van der Waals surface area contributed by atoms with Crippen molar-refractivity contribution in [2.75, 3.05) is 33.8 Å². The standard InChI is InChI=1S/C17H26N2O.CH4/c1-12-4-5-15(13-6-8-19(3)9-7-13)16-10-14(18-2)11-20-17(12)16;/h4-5,13-14,18H,6-11H2,1-3H3;1H4. The van der Waals surface area contributed by atoms with Gasteiger partial charge in [0.05, 0.1) is 0 Å². The predicted molar refractivity (Wildman–Crippen MR) is 89.4 cm³/mol. The van der Waals surface area contributed by atoms with Gasteiger partial charge in [-0.05, 0) is 76.0 Å². The number of nitrogens with zero attached hydrogens (tertiary/aromatic N) is 1. The second-order valence-corrected chi connectivity index (χ2v) is 6.36. The molecule has 0 radical (unpaired) electrons. The summed E-state index contributed by atoms with van der Waals surface area (Å²) < 4.78 is 6.04. The second-order valence-electron chi connectivity index (χ2n) is 6.36. The summed E-state index contributed by atoms with van der Waals surface area (Å²) in [6.45, 7) is 5.38. The Bertz CT molecular complexity index is 478. The molecule has 0 saturated carbocycles. The third-order valence-electron chi connectivity index (χ3n) is 4.94. The fraction of sp³-hybridized carbons (Fsp3) is 0.667. The van der Waals surface area contributed by atoms with E-state index in [1.807, 2.05) is 7.05 Å². The van der Waals surface area contributed by atoms with Crippen LogP contribution in [0.2, 0.25) is 0 Å². The van der Waals surface area contributed by atoms with Crippen molar-refractivity contribution in [3.8, 4) is 5.75 Å². The molecule has 0 amide bonds. The lowest BCUT2D eigenvalue weighted by Crippen LogP contribution is -2.38. The first kappa shape index (κ1) is 16.3. The van der Waals surface area contributed by atoms with Crippen LogP contribution in [0.25, 0.3) is 0 Å². The number of likely N-dealkylation sites (N-methyl/N-ethyl adjacent to an activating group) is 1. The average molecular weight is 290 g/mol. The summed E-state index contributed by atoms with van der Waals surface area (Å²) in [6.07, 6.45) is 3.65. The van der Waals surface area contributed by atoms with E-state index in [1.165, 1.54) is 37.1 Å². The number of fused-ring (bicyclic) bond motifs is 1. The average Bonchev–Trinajstić information content (AvgIpc) is 2.48. The van der Waals surface area contributed by atoms with Gasteiger partial charge in [0.2, 0.25) is 0 Å². The highest BCUT2D eigenvalue weighted by atomic mass is 16.5. The molecule has 1 saturated heterocycles. The van der Waals surface area contributed by atoms with Gasteiger partial charge in [-0.1, -0.05) is 19.6 Å². The number of hydrogen-bond acceptors (Lipinski definition) is 3. The molecule has 2 heterocycles. The van der Waals surface area contributed by atoms with Gasteiger partial charge in [0.1, 0.15) is 12.4 Å². The molecule has 1 aromatic carbocycles. The summed E-state index contributed by atoms with van der Waals surface area (Å²) in [5.41, 5.74) is 4.29. The Morgan fingerprint density at radius 2 is 1.95 bits per heavy atom. The van der Waals surface area contributed by atoms with E-state index in [4.69, 9.17) is 4.74 Å². The Morgan fingerprint density at radius 3 is 2.62 bits per heavy atom. The number of benzene rings is 1. The van der Waals surface area contributed by atoms with Crippen molar-refractivity contribution in [2.24, 2.45) is 0 Å². The first-order chi connectivity index (χ1) is 9.69. The molecule has 3 nitrogen and oxygen atoms in total. The molecule has 118 valence electrons. The van der Waals surface area contributed by atoms with Gasteiger partial charge in [0.25, 0.3) is 0 Å². The summed E-state index contributed by atoms with van der Waals surface area (Å²) >= 11 is 0. The lowest BCUT2D eigenvalue weighted by atomic mass is 9.83. The minimum absolute atomic E-state index is 0. The minimum atomic E-state index is 0. The van der Waals surface area contributed by atoms with Gasteiger partial charge < -0.3 is 15.0 Å². The zero-order valence-electron chi connectivity index (χ0n) is 12.9. The van der Waals surface area contributed by atoms with Crippen LogP contribution in [0, 0.1) is 6.92 Å². The lowest BCUT2D eigenvalue weighted by molar-refractivity contribution is 0.236. The normalized spacial score (nSPS) is 23.1. The molecular formula is C18H30N2O. The van der Waals surface area contributed by atoms with Crippen LogP contribution in [-0.4, -0.2) is 44.7 Å². The van der Waals surface area contributed by atoms with Crippen molar-refractivity contribution in [2.45, 2.75) is 45.6 Å². The summed E-state index contributed by atoms with van der Waals surface area (Å²) in [5.74, 6) is 1.87. The molecular weight excluding hydrogens is 260 g/mol. The van der Waals surface area contributed by atoms with E-state index in [9.17, 15) is 0 Å². The van der Waals surface area contributed by atoms with Crippen LogP contribution in [0.5, 0.6) is 5.75 Å². The number of hydrogen-bond donors (Lipinski definition) is 1. The van der Waals surface area contributed by atoms with Gasteiger partial charge in [-0.2, -0.15) is 0 Å². The van der Waals surface area contributed by atoms with Crippen LogP contribution < -0.4 is 10.1 Å². The molecule has 0 spiro atoms. The molecule has 3 heteroatoms. The van der Waals surface area contributed by atoms with Crippen LogP contribution in [0.1, 0.15) is 42.9 Å². The quantitative estimate of drug-likeness (QED) is 0.906. The SMILES string of the molecule is C.CNC1COc2c(C)ccc(C3CCN(C)CC3)c2C1. The highest BCUT2D eigenvalue weighted by Crippen LogP contribution is 2.38. The third kappa shape index (κ3) is 3.24. The molecule has 3 rings (SSSR count). The monoisotopic (exact) mass is 290 g/mol. The van der Waals surface area contributed by atoms with E-state index in [-0.39, 0.29) is 7.43 Å². The van der Waals surface area contributed by atoms with Crippen LogP contribution in [0.15, 0.2) is 12.1 Å². The molecule has 0 aliphatic carbocycles.